The van der Waals surface area contributed by atoms with Crippen LogP contribution in [0.25, 0.3) is 10.9 Å². The van der Waals surface area contributed by atoms with Gasteiger partial charge in [-0.2, -0.15) is 0 Å². The Morgan fingerprint density at radius 2 is 1.96 bits per heavy atom. The van der Waals surface area contributed by atoms with Crippen molar-refractivity contribution in [1.82, 2.24) is 4.57 Å². The van der Waals surface area contributed by atoms with Crippen LogP contribution in [0.2, 0.25) is 5.02 Å². The zero-order valence-electron chi connectivity index (χ0n) is 13.9. The van der Waals surface area contributed by atoms with Crippen molar-refractivity contribution in [3.8, 4) is 0 Å². The van der Waals surface area contributed by atoms with Crippen molar-refractivity contribution in [2.24, 2.45) is 0 Å². The summed E-state index contributed by atoms with van der Waals surface area (Å²) in [5.74, 6) is -0.641. The largest absolute Gasteiger partial charge is 0.465 e. The molecule has 3 rings (SSSR count). The quantitative estimate of drug-likeness (QED) is 0.718. The van der Waals surface area contributed by atoms with Gasteiger partial charge in [-0.1, -0.05) is 35.9 Å². The van der Waals surface area contributed by atoms with Crippen LogP contribution in [-0.4, -0.2) is 23.6 Å². The SMILES string of the molecule is COC(=O)c1cn(CC(=O)Nc2ccc(C)c(Cl)c2)c2ccccc12. The number of anilines is 1. The lowest BCUT2D eigenvalue weighted by molar-refractivity contribution is -0.116. The summed E-state index contributed by atoms with van der Waals surface area (Å²) in [6, 6.07) is 12.7. The first-order chi connectivity index (χ1) is 12.0. The van der Waals surface area contributed by atoms with E-state index in [-0.39, 0.29) is 12.5 Å². The minimum atomic E-state index is -0.430. The van der Waals surface area contributed by atoms with Crippen LogP contribution in [0.3, 0.4) is 0 Å². The number of hydrogen-bond donors (Lipinski definition) is 1. The summed E-state index contributed by atoms with van der Waals surface area (Å²) in [5, 5.41) is 4.16. The molecule has 128 valence electrons. The Morgan fingerprint density at radius 1 is 1.20 bits per heavy atom. The highest BCUT2D eigenvalue weighted by molar-refractivity contribution is 6.31. The van der Waals surface area contributed by atoms with E-state index in [0.717, 1.165) is 16.5 Å². The molecule has 0 radical (unpaired) electrons. The van der Waals surface area contributed by atoms with Gasteiger partial charge in [0.1, 0.15) is 6.54 Å². The zero-order chi connectivity index (χ0) is 18.0. The molecule has 0 fully saturated rings. The van der Waals surface area contributed by atoms with E-state index in [9.17, 15) is 9.59 Å². The molecule has 1 heterocycles. The number of esters is 1. The maximum atomic E-state index is 12.4. The van der Waals surface area contributed by atoms with Crippen LogP contribution in [0.15, 0.2) is 48.7 Å². The molecule has 1 aromatic heterocycles. The number of methoxy groups -OCH3 is 1. The fraction of sp³-hybridized carbons (Fsp3) is 0.158. The molecule has 0 aliphatic heterocycles. The third-order valence-corrected chi connectivity index (χ3v) is 4.37. The second-order valence-electron chi connectivity index (χ2n) is 5.69. The number of para-hydroxylation sites is 1. The van der Waals surface area contributed by atoms with Crippen LogP contribution in [0.1, 0.15) is 15.9 Å². The summed E-state index contributed by atoms with van der Waals surface area (Å²) in [5.41, 5.74) is 2.80. The molecule has 0 saturated carbocycles. The van der Waals surface area contributed by atoms with Gasteiger partial charge in [-0.3, -0.25) is 4.79 Å². The van der Waals surface area contributed by atoms with Gasteiger partial charge in [-0.25, -0.2) is 4.79 Å². The van der Waals surface area contributed by atoms with Crippen molar-refractivity contribution in [1.29, 1.82) is 0 Å². The summed E-state index contributed by atoms with van der Waals surface area (Å²) >= 11 is 6.08. The number of carbonyl (C=O) groups is 2. The lowest BCUT2D eigenvalue weighted by Gasteiger charge is -2.08. The third kappa shape index (κ3) is 3.51. The molecular formula is C19H17ClN2O3. The highest BCUT2D eigenvalue weighted by atomic mass is 35.5. The van der Waals surface area contributed by atoms with E-state index in [1.807, 2.05) is 37.3 Å². The van der Waals surface area contributed by atoms with Crippen molar-refractivity contribution in [2.45, 2.75) is 13.5 Å². The molecule has 6 heteroatoms. The Hall–Kier alpha value is -2.79. The number of aromatic nitrogens is 1. The number of benzene rings is 2. The molecule has 0 spiro atoms. The Kier molecular flexibility index (Phi) is 4.76. The Morgan fingerprint density at radius 3 is 2.68 bits per heavy atom. The molecular weight excluding hydrogens is 340 g/mol. The van der Waals surface area contributed by atoms with E-state index < -0.39 is 5.97 Å². The van der Waals surface area contributed by atoms with Crippen LogP contribution in [0.5, 0.6) is 0 Å². The van der Waals surface area contributed by atoms with Crippen LogP contribution in [0.4, 0.5) is 5.69 Å². The zero-order valence-corrected chi connectivity index (χ0v) is 14.6. The molecule has 0 bridgehead atoms. The Bertz CT molecular complexity index is 962. The lowest BCUT2D eigenvalue weighted by Crippen LogP contribution is -2.18. The minimum Gasteiger partial charge on any atom is -0.465 e. The first-order valence-corrected chi connectivity index (χ1v) is 8.09. The lowest BCUT2D eigenvalue weighted by atomic mass is 10.2. The number of carbonyl (C=O) groups excluding carboxylic acids is 2. The Labute approximate surface area is 150 Å². The third-order valence-electron chi connectivity index (χ3n) is 3.96. The highest BCUT2D eigenvalue weighted by Gasteiger charge is 2.16. The number of ether oxygens (including phenoxy) is 1. The highest BCUT2D eigenvalue weighted by Crippen LogP contribution is 2.23. The predicted octanol–water partition coefficient (Wildman–Crippen LogP) is 4.03. The summed E-state index contributed by atoms with van der Waals surface area (Å²) < 4.78 is 6.54. The van der Waals surface area contributed by atoms with Gasteiger partial charge in [-0.15, -0.1) is 0 Å². The maximum Gasteiger partial charge on any atom is 0.340 e. The van der Waals surface area contributed by atoms with E-state index in [1.54, 1.807) is 22.9 Å². The van der Waals surface area contributed by atoms with Gasteiger partial charge in [0.05, 0.1) is 12.7 Å². The number of amides is 1. The van der Waals surface area contributed by atoms with Gasteiger partial charge in [0.2, 0.25) is 5.91 Å². The molecule has 0 aliphatic rings. The van der Waals surface area contributed by atoms with Gasteiger partial charge in [0.25, 0.3) is 0 Å². The standard InChI is InChI=1S/C19H17ClN2O3/c1-12-7-8-13(9-16(12)20)21-18(23)11-22-10-15(19(24)25-2)14-5-3-4-6-17(14)22/h3-10H,11H2,1-2H3,(H,21,23). The van der Waals surface area contributed by atoms with Gasteiger partial charge >= 0.3 is 5.97 Å². The fourth-order valence-electron chi connectivity index (χ4n) is 2.68. The molecule has 5 nitrogen and oxygen atoms in total. The van der Waals surface area contributed by atoms with Crippen LogP contribution in [-0.2, 0) is 16.1 Å². The first-order valence-electron chi connectivity index (χ1n) is 7.72. The van der Waals surface area contributed by atoms with Gasteiger partial charge < -0.3 is 14.6 Å². The van der Waals surface area contributed by atoms with Crippen molar-refractivity contribution in [3.63, 3.8) is 0 Å². The normalized spacial score (nSPS) is 10.7. The van der Waals surface area contributed by atoms with Crippen LogP contribution < -0.4 is 5.32 Å². The summed E-state index contributed by atoms with van der Waals surface area (Å²) in [4.78, 5) is 24.3. The van der Waals surface area contributed by atoms with E-state index in [4.69, 9.17) is 16.3 Å². The van der Waals surface area contributed by atoms with E-state index in [2.05, 4.69) is 5.32 Å². The second-order valence-corrected chi connectivity index (χ2v) is 6.10. The molecule has 0 saturated heterocycles. The number of fused-ring (bicyclic) bond motifs is 1. The van der Waals surface area contributed by atoms with Crippen molar-refractivity contribution in [2.75, 3.05) is 12.4 Å². The smallest absolute Gasteiger partial charge is 0.340 e. The number of halogens is 1. The monoisotopic (exact) mass is 356 g/mol. The first kappa shape index (κ1) is 17.0. The number of rotatable bonds is 4. The summed E-state index contributed by atoms with van der Waals surface area (Å²) in [7, 11) is 1.34. The second kappa shape index (κ2) is 6.99. The molecule has 0 unspecified atom stereocenters. The molecule has 1 N–H and O–H groups in total. The van der Waals surface area contributed by atoms with Gasteiger partial charge in [0.15, 0.2) is 0 Å². The van der Waals surface area contributed by atoms with Crippen molar-refractivity contribution >= 4 is 40.1 Å². The average molecular weight is 357 g/mol. The molecule has 2 aromatic carbocycles. The molecule has 0 atom stereocenters. The number of nitrogens with one attached hydrogen (secondary N) is 1. The topological polar surface area (TPSA) is 60.3 Å². The minimum absolute atomic E-state index is 0.0724. The summed E-state index contributed by atoms with van der Waals surface area (Å²) in [6.07, 6.45) is 1.64. The van der Waals surface area contributed by atoms with Crippen LogP contribution in [0, 0.1) is 6.92 Å². The Balaban J connectivity index is 1.86. The van der Waals surface area contributed by atoms with Gasteiger partial charge in [0, 0.05) is 27.8 Å². The molecule has 25 heavy (non-hydrogen) atoms. The van der Waals surface area contributed by atoms with Crippen molar-refractivity contribution < 1.29 is 14.3 Å². The van der Waals surface area contributed by atoms with E-state index in [1.165, 1.54) is 7.11 Å². The van der Waals surface area contributed by atoms with Crippen molar-refractivity contribution in [3.05, 3.63) is 64.8 Å². The maximum absolute atomic E-state index is 12.4. The molecule has 0 aliphatic carbocycles. The average Bonchev–Trinajstić information content (AvgIpc) is 2.96. The van der Waals surface area contributed by atoms with E-state index >= 15 is 0 Å². The predicted molar refractivity (Wildman–Crippen MR) is 98.1 cm³/mol. The van der Waals surface area contributed by atoms with Gasteiger partial charge in [-0.05, 0) is 30.7 Å². The number of nitrogens with zero attached hydrogens (tertiary/aromatic N) is 1. The number of hydrogen-bond acceptors (Lipinski definition) is 3. The molecule has 1 amide bonds. The fourth-order valence-corrected chi connectivity index (χ4v) is 2.86. The number of aryl methyl sites for hydroxylation is 1. The molecule has 3 aromatic rings. The summed E-state index contributed by atoms with van der Waals surface area (Å²) in [6.45, 7) is 1.97. The van der Waals surface area contributed by atoms with Crippen LogP contribution >= 0.6 is 11.6 Å². The van der Waals surface area contributed by atoms with E-state index in [0.29, 0.717) is 16.3 Å².